The third kappa shape index (κ3) is 47.0. The summed E-state index contributed by atoms with van der Waals surface area (Å²) in [7, 11) is 0. The molecule has 3 aliphatic heterocycles. The average molecular weight is 1970 g/mol. The van der Waals surface area contributed by atoms with E-state index in [0.717, 1.165) is 101 Å². The lowest BCUT2D eigenvalue weighted by atomic mass is 9.94. The monoisotopic (exact) mass is 1970 g/mol. The van der Waals surface area contributed by atoms with Crippen molar-refractivity contribution in [3.63, 3.8) is 0 Å². The number of amides is 4. The van der Waals surface area contributed by atoms with Crippen molar-refractivity contribution in [2.24, 2.45) is 5.73 Å². The molecule has 10 rings (SSSR count). The van der Waals surface area contributed by atoms with Gasteiger partial charge in [-0.2, -0.15) is 39.5 Å². The number of carbonyl (C=O) groups excluding carboxylic acids is 8. The van der Waals surface area contributed by atoms with Crippen LogP contribution in [0.15, 0.2) is 192 Å². The fourth-order valence-corrected chi connectivity index (χ4v) is 11.4. The van der Waals surface area contributed by atoms with Gasteiger partial charge in [-0.15, -0.1) is 6.42 Å². The van der Waals surface area contributed by atoms with Crippen molar-refractivity contribution in [2.45, 2.75) is 131 Å². The van der Waals surface area contributed by atoms with Crippen LogP contribution in [-0.2, 0) is 28.7 Å². The van der Waals surface area contributed by atoms with Crippen LogP contribution in [0.4, 0.5) is 68.0 Å². The molecular formula is C83H102Br5F9N8O12. The molecule has 1 saturated heterocycles. The number of imide groups is 2. The number of hydrogen-bond acceptors (Lipinski definition) is 18. The summed E-state index contributed by atoms with van der Waals surface area (Å²) in [5.74, 6) is -4.26. The van der Waals surface area contributed by atoms with Gasteiger partial charge >= 0.3 is 24.5 Å². The zero-order valence-electron chi connectivity index (χ0n) is 63.5. The van der Waals surface area contributed by atoms with Crippen LogP contribution in [0, 0.1) is 12.3 Å². The minimum absolute atomic E-state index is 0. The lowest BCUT2D eigenvalue weighted by Gasteiger charge is -2.19. The number of benzene rings is 7. The average Bonchev–Trinajstić information content (AvgIpc) is 1.65. The van der Waals surface area contributed by atoms with Crippen molar-refractivity contribution in [3.05, 3.63) is 214 Å². The number of Topliss-reactive ketones (excluding diaryl/α,β-unsaturated/α-hetero) is 2. The molecule has 0 spiro atoms. The van der Waals surface area contributed by atoms with E-state index in [2.05, 4.69) is 112 Å². The molecule has 20 nitrogen and oxygen atoms in total. The topological polar surface area (TPSA) is 302 Å². The zero-order valence-corrected chi connectivity index (χ0v) is 71.4. The van der Waals surface area contributed by atoms with Crippen molar-refractivity contribution < 1.29 is 97.6 Å². The highest BCUT2D eigenvalue weighted by atomic mass is 79.9. The van der Waals surface area contributed by atoms with Crippen LogP contribution in [-0.4, -0.2) is 164 Å². The van der Waals surface area contributed by atoms with E-state index in [1.165, 1.54) is 24.7 Å². The molecular weight excluding hydrogens is 1870 g/mol. The maximum absolute atomic E-state index is 12.2. The van der Waals surface area contributed by atoms with E-state index >= 15 is 0 Å². The smallest absolute Gasteiger partial charge is 0.459 e. The fraction of sp³-hybridized carbons (Fsp3) is 0.373. The number of ketones is 2. The predicted octanol–water partition coefficient (Wildman–Crippen LogP) is 20.2. The molecule has 10 N–H and O–H groups in total. The highest BCUT2D eigenvalue weighted by Gasteiger charge is 2.41. The molecule has 0 aromatic heterocycles. The second-order valence-electron chi connectivity index (χ2n) is 23.9. The molecule has 117 heavy (non-hydrogen) atoms. The summed E-state index contributed by atoms with van der Waals surface area (Å²) in [5.41, 5.74) is 16.1. The number of aliphatic hydroxyl groups is 2. The van der Waals surface area contributed by atoms with E-state index in [9.17, 15) is 83.0 Å². The van der Waals surface area contributed by atoms with E-state index in [1.807, 2.05) is 123 Å². The number of ether oxygens (including phenoxy) is 2. The number of halogens is 14. The number of alkyl halides is 9. The molecule has 644 valence electrons. The summed E-state index contributed by atoms with van der Waals surface area (Å²) in [6.45, 7) is 11.9. The number of hydrogen-bond donors (Lipinski definition) is 8. The number of carbonyl (C=O) groups is 8. The Labute approximate surface area is 720 Å². The molecule has 1 fully saturated rings. The Morgan fingerprint density at radius 3 is 1.09 bits per heavy atom. The number of anilines is 5. The van der Waals surface area contributed by atoms with Crippen molar-refractivity contribution >= 4 is 156 Å². The number of nitrogens with two attached hydrogens (primary N) is 2. The van der Waals surface area contributed by atoms with Crippen molar-refractivity contribution in [1.82, 2.24) is 9.80 Å². The van der Waals surface area contributed by atoms with Crippen LogP contribution in [0.3, 0.4) is 0 Å². The Kier molecular flexibility index (Phi) is 57.5. The van der Waals surface area contributed by atoms with Crippen LogP contribution in [0.5, 0.6) is 0 Å². The summed E-state index contributed by atoms with van der Waals surface area (Å²) >= 11 is 16.6. The number of nitrogens with zero attached hydrogens (tertiary/aromatic N) is 2. The van der Waals surface area contributed by atoms with Crippen molar-refractivity contribution in [1.29, 1.82) is 0 Å². The first kappa shape index (κ1) is 111. The number of rotatable bonds is 24. The number of nitrogens with one attached hydrogen (secondary N) is 4. The number of aldehydes is 1. The van der Waals surface area contributed by atoms with E-state index in [4.69, 9.17) is 27.7 Å². The highest BCUT2D eigenvalue weighted by molar-refractivity contribution is 9.11. The van der Waals surface area contributed by atoms with Gasteiger partial charge in [0.15, 0.2) is 0 Å². The van der Waals surface area contributed by atoms with Crippen LogP contribution in [0.25, 0.3) is 0 Å². The molecule has 0 atom stereocenters. The first-order chi connectivity index (χ1) is 54.4. The molecule has 34 heteroatoms. The van der Waals surface area contributed by atoms with Gasteiger partial charge in [0.25, 0.3) is 23.6 Å². The minimum Gasteiger partial charge on any atom is -0.459 e. The van der Waals surface area contributed by atoms with Crippen LogP contribution < -0.4 is 32.7 Å². The molecule has 7 aromatic carbocycles. The first-order valence-corrected chi connectivity index (χ1v) is 39.7. The molecule has 7 aromatic rings. The summed E-state index contributed by atoms with van der Waals surface area (Å²) in [6.07, 6.45) is -3.32. The van der Waals surface area contributed by atoms with Crippen LogP contribution >= 0.6 is 79.6 Å². The van der Waals surface area contributed by atoms with E-state index in [-0.39, 0.29) is 59.3 Å². The third-order valence-electron chi connectivity index (χ3n) is 14.7. The largest absolute Gasteiger partial charge is 0.490 e. The van der Waals surface area contributed by atoms with E-state index in [0.29, 0.717) is 61.3 Å². The quantitative estimate of drug-likeness (QED) is 0.00530. The van der Waals surface area contributed by atoms with Gasteiger partial charge in [-0.25, -0.2) is 4.79 Å². The molecule has 3 heterocycles. The van der Waals surface area contributed by atoms with Gasteiger partial charge in [0.05, 0.1) is 35.4 Å². The lowest BCUT2D eigenvalue weighted by Crippen LogP contribution is -2.34. The van der Waals surface area contributed by atoms with Crippen molar-refractivity contribution in [2.75, 3.05) is 99.2 Å². The van der Waals surface area contributed by atoms with Gasteiger partial charge in [0.1, 0.15) is 11.9 Å². The van der Waals surface area contributed by atoms with E-state index < -0.39 is 66.3 Å². The molecule has 0 saturated carbocycles. The number of nitrogen functional groups attached to an aromatic ring is 1. The van der Waals surface area contributed by atoms with E-state index in [1.54, 1.807) is 67.6 Å². The highest BCUT2D eigenvalue weighted by Crippen LogP contribution is 2.27. The Bertz CT molecular complexity index is 3980. The van der Waals surface area contributed by atoms with Gasteiger partial charge < -0.3 is 57.2 Å². The maximum atomic E-state index is 12.2. The molecule has 0 radical (unpaired) electrons. The lowest BCUT2D eigenvalue weighted by molar-refractivity contribution is -0.199. The summed E-state index contributed by atoms with van der Waals surface area (Å²) in [4.78, 5) is 90.8. The maximum Gasteiger partial charge on any atom is 0.490 e. The molecule has 0 unspecified atom stereocenters. The molecule has 0 aliphatic carbocycles. The summed E-state index contributed by atoms with van der Waals surface area (Å²) in [6, 6.07) is 51.3. The fourth-order valence-electron chi connectivity index (χ4n) is 9.42. The Morgan fingerprint density at radius 2 is 0.846 bits per heavy atom. The Morgan fingerprint density at radius 1 is 0.521 bits per heavy atom. The Balaban J connectivity index is 0. The second-order valence-corrected chi connectivity index (χ2v) is 28.5. The molecule has 3 aliphatic rings. The van der Waals surface area contributed by atoms with Crippen LogP contribution in [0.1, 0.15) is 148 Å². The standard InChI is InChI=1S/C16H13BrN2O2.2C11H11BrF3NO.C10H7NO3.C9H16O.C8H11BrN2.C6H6BrN.C4H5F3O2.C4H8O.C2H6O.2CH4/c17-11-4-3-5-12(10-11)18-8-9-19-15(20)13-6-1-2-7-14(13)16(19)21;2*12-8-3-1-4-9(7-8)16-6-2-5-10(17)11(13,14)15;12-6-5-11-9(13)7-3-1-2-4-8(7)10(11)14;1-4-7-9(10,6-3)8-5-2;9-7-2-1-3-8(6-7)11-5-4-10;7-5-2-1-3-6(8)4-5;1-2-9-3(8)4(5,6)7;1-2-4-5-3-1;1-2-3;;/h1-7,10,18H,8-9H2;2*1,3-4,7,16H,2,5-6H2;1-4,6H,5H2;3,10H,4-5,7-8H2,1-2H3;1-3,6,11H,4-5,10H2;1-4H,8H2;2H2,1H3;1-4H2;3H,2H2,1H3;2*1H4. The minimum atomic E-state index is -4.85. The van der Waals surface area contributed by atoms with Gasteiger partial charge in [0.2, 0.25) is 11.6 Å². The first-order valence-electron chi connectivity index (χ1n) is 35.8. The summed E-state index contributed by atoms with van der Waals surface area (Å²) in [5, 5.41) is 29.4. The van der Waals surface area contributed by atoms with Gasteiger partial charge in [0, 0.05) is 123 Å². The normalized spacial score (nSPS) is 11.9. The molecule has 0 bridgehead atoms. The second kappa shape index (κ2) is 60.9. The van der Waals surface area contributed by atoms with Gasteiger partial charge in [-0.05, 0) is 168 Å². The van der Waals surface area contributed by atoms with Gasteiger partial charge in [-0.3, -0.25) is 38.6 Å². The number of aliphatic hydroxyl groups excluding tert-OH is 1. The van der Waals surface area contributed by atoms with Crippen molar-refractivity contribution in [3.8, 4) is 12.3 Å². The van der Waals surface area contributed by atoms with Crippen LogP contribution in [0.2, 0.25) is 0 Å². The summed E-state index contributed by atoms with van der Waals surface area (Å²) < 4.78 is 118. The number of terminal acetylenes is 1. The SMILES string of the molecule is C.C.C#CC(O)(CCC)CCC.C1CCOC1.CCO.CCOC(=O)C(F)(F)F.NCCNc1cccc(Br)c1.Nc1cccc(Br)c1.O=C(CCCNc1cccc(Br)c1)C(F)(F)F.O=C(CCCNc1cccc(Br)c1)C(F)(F)F.O=C1c2ccccc2C(=O)N1CCNc1cccc(Br)c1.O=CCN1C(=O)c2ccccc2C1=O. The predicted molar refractivity (Wildman–Crippen MR) is 461 cm³/mol. The molecule has 4 amide bonds. The number of esters is 1. The zero-order chi connectivity index (χ0) is 86.6. The Hall–Kier alpha value is -8.53. The van der Waals surface area contributed by atoms with Gasteiger partial charge in [-0.1, -0.05) is 182 Å². The number of fused-ring (bicyclic) bond motifs is 2. The third-order valence-corrected chi connectivity index (χ3v) is 17.1.